The quantitative estimate of drug-likeness (QED) is 0.101. The number of hydrogen-bond acceptors (Lipinski definition) is 2. The minimum atomic E-state index is -2.09. The summed E-state index contributed by atoms with van der Waals surface area (Å²) in [4.78, 5) is 5.10. The number of imidazole rings is 1. The van der Waals surface area contributed by atoms with Gasteiger partial charge in [-0.15, -0.1) is 34.8 Å². The van der Waals surface area contributed by atoms with Crippen LogP contribution in [-0.2, 0) is 21.1 Å². The predicted molar refractivity (Wildman–Crippen MR) is 230 cm³/mol. The number of ether oxygens (including phenoxy) is 1. The van der Waals surface area contributed by atoms with Gasteiger partial charge in [0.15, 0.2) is 0 Å². The summed E-state index contributed by atoms with van der Waals surface area (Å²) in [5.74, 6) is 1.24. The molecule has 0 unspecified atom stereocenters. The average molecular weight is 928 g/mol. The van der Waals surface area contributed by atoms with Crippen LogP contribution in [0.3, 0.4) is 0 Å². The molecule has 1 aliphatic heterocycles. The molecule has 0 bridgehead atoms. The second kappa shape index (κ2) is 12.6. The van der Waals surface area contributed by atoms with Gasteiger partial charge in [0.1, 0.15) is 5.65 Å². The Balaban J connectivity index is 0.00000374. The van der Waals surface area contributed by atoms with Crippen LogP contribution < -0.4 is 19.7 Å². The summed E-state index contributed by atoms with van der Waals surface area (Å²) < 4.78 is 13.4. The van der Waals surface area contributed by atoms with Crippen molar-refractivity contribution in [1.29, 1.82) is 0 Å². The van der Waals surface area contributed by atoms with Crippen molar-refractivity contribution in [2.24, 2.45) is 0 Å². The molecule has 0 fully saturated rings. The van der Waals surface area contributed by atoms with Gasteiger partial charge in [-0.1, -0.05) is 127 Å². The molecule has 12 rings (SSSR count). The van der Waals surface area contributed by atoms with E-state index in [4.69, 9.17) is 9.72 Å². The molecule has 0 radical (unpaired) electrons. The van der Waals surface area contributed by atoms with Crippen LogP contribution in [0.2, 0.25) is 13.1 Å². The molecule has 7 aromatic carbocycles. The van der Waals surface area contributed by atoms with Gasteiger partial charge < -0.3 is 13.7 Å². The number of benzene rings is 7. The van der Waals surface area contributed by atoms with E-state index < -0.39 is 8.07 Å². The van der Waals surface area contributed by atoms with Gasteiger partial charge in [-0.3, -0.25) is 4.57 Å². The first-order chi connectivity index (χ1) is 27.5. The van der Waals surface area contributed by atoms with E-state index >= 15 is 0 Å². The molecule has 0 saturated carbocycles. The first kappa shape index (κ1) is 34.0. The third-order valence-electron chi connectivity index (χ3n) is 11.8. The first-order valence-corrected chi connectivity index (χ1v) is 22.0. The molecule has 0 atom stereocenters. The Kier molecular flexibility index (Phi) is 7.50. The number of rotatable bonds is 3. The Morgan fingerprint density at radius 2 is 1.16 bits per heavy atom. The van der Waals surface area contributed by atoms with Gasteiger partial charge in [-0.05, 0) is 56.9 Å². The number of para-hydroxylation sites is 3. The van der Waals surface area contributed by atoms with Crippen LogP contribution in [0.25, 0.3) is 82.2 Å². The number of hydrogen-bond donors (Lipinski definition) is 0. The smallest absolute Gasteiger partial charge is 0.268 e. The Hall–Kier alpha value is -6.33. The van der Waals surface area contributed by atoms with Gasteiger partial charge in [-0.2, -0.15) is 12.1 Å². The molecule has 0 amide bonds. The maximum absolute atomic E-state index is 6.76. The molecule has 11 aromatic rings. The summed E-state index contributed by atoms with van der Waals surface area (Å²) >= 11 is 0. The van der Waals surface area contributed by atoms with E-state index in [0.717, 1.165) is 60.5 Å². The van der Waals surface area contributed by atoms with Gasteiger partial charge >= 0.3 is 0 Å². The van der Waals surface area contributed by atoms with Gasteiger partial charge in [0, 0.05) is 63.1 Å². The summed E-state index contributed by atoms with van der Waals surface area (Å²) in [6, 6.07) is 61.2. The van der Waals surface area contributed by atoms with Crippen molar-refractivity contribution >= 4 is 89.3 Å². The minimum Gasteiger partial charge on any atom is -0.510 e. The van der Waals surface area contributed by atoms with Crippen LogP contribution in [0.15, 0.2) is 158 Å². The zero-order valence-electron chi connectivity index (χ0n) is 31.0. The largest absolute Gasteiger partial charge is 0.510 e. The molecule has 274 valence electrons. The molecule has 0 aliphatic carbocycles. The summed E-state index contributed by atoms with van der Waals surface area (Å²) in [6.07, 6.45) is 5.57. The monoisotopic (exact) mass is 927 g/mol. The van der Waals surface area contributed by atoms with Crippen LogP contribution >= 0.6 is 0 Å². The van der Waals surface area contributed by atoms with Crippen LogP contribution in [0, 0.1) is 18.5 Å². The molecule has 57 heavy (non-hydrogen) atoms. The van der Waals surface area contributed by atoms with Crippen LogP contribution in [0.4, 0.5) is 0 Å². The minimum absolute atomic E-state index is 0. The van der Waals surface area contributed by atoms with E-state index in [2.05, 4.69) is 179 Å². The van der Waals surface area contributed by atoms with E-state index in [0.29, 0.717) is 11.5 Å². The second-order valence-corrected chi connectivity index (χ2v) is 19.5. The van der Waals surface area contributed by atoms with Crippen LogP contribution in [0.5, 0.6) is 11.5 Å². The number of nitrogens with zero attached hydrogens (tertiary/aromatic N) is 4. The summed E-state index contributed by atoms with van der Waals surface area (Å²) in [6.45, 7) is 4.85. The van der Waals surface area contributed by atoms with Gasteiger partial charge in [0.25, 0.3) is 6.33 Å². The number of pyridine rings is 1. The standard InChI is InChI=1S/C50H32N4OSi.Pt/c1-56(2)46-27-25-34(30-45(46)53-31-52(32-13-4-3-5-14-32)43-22-11-23-47(56)49(43)53)55-33-24-26-39-41-20-10-19-40-37-17-8-6-15-35(37)36-16-7-9-18-38(36)42-21-12-28-51-50(42)54(48(40)41)44(39)29-33;/h3-28H,1-2H3;/q-2;. The maximum atomic E-state index is 6.76. The molecule has 1 aliphatic rings. The van der Waals surface area contributed by atoms with Gasteiger partial charge in [0.2, 0.25) is 0 Å². The maximum Gasteiger partial charge on any atom is 0.268 e. The summed E-state index contributed by atoms with van der Waals surface area (Å²) in [5.41, 5.74) is 7.25. The number of fused-ring (bicyclic) bond motifs is 12. The fourth-order valence-electron chi connectivity index (χ4n) is 9.21. The zero-order valence-corrected chi connectivity index (χ0v) is 34.3. The topological polar surface area (TPSA) is 35.3 Å². The van der Waals surface area contributed by atoms with Crippen molar-refractivity contribution in [2.75, 3.05) is 0 Å². The van der Waals surface area contributed by atoms with E-state index in [9.17, 15) is 0 Å². The Bertz CT molecular complexity index is 3500. The predicted octanol–water partition coefficient (Wildman–Crippen LogP) is 10.2. The fraction of sp³-hybridized carbons (Fsp3) is 0.0400. The third-order valence-corrected chi connectivity index (χ3v) is 15.3. The van der Waals surface area contributed by atoms with Crippen molar-refractivity contribution in [3.05, 3.63) is 176 Å². The van der Waals surface area contributed by atoms with Crippen molar-refractivity contribution in [3.8, 4) is 22.9 Å². The van der Waals surface area contributed by atoms with E-state index in [-0.39, 0.29) is 21.1 Å². The van der Waals surface area contributed by atoms with Crippen molar-refractivity contribution in [2.45, 2.75) is 13.1 Å². The molecule has 0 N–H and O–H groups in total. The van der Waals surface area contributed by atoms with Gasteiger partial charge in [-0.25, -0.2) is 4.98 Å². The average Bonchev–Trinajstić information content (AvgIpc) is 3.80. The SMILES string of the molecule is C[Si]1(C)c2ccc(Oc3[c-]c4c(cc3)c3cccc5c6ccccc6c6ccccc6c6cccnc6n4c53)[c-]c2-n2[c-][n+](-c3ccccc3)c3cccc1c32.[Pt]. The Morgan fingerprint density at radius 1 is 0.544 bits per heavy atom. The van der Waals surface area contributed by atoms with E-state index in [1.807, 2.05) is 24.4 Å². The van der Waals surface area contributed by atoms with E-state index in [1.165, 1.54) is 32.0 Å². The molecule has 0 saturated heterocycles. The zero-order chi connectivity index (χ0) is 37.1. The van der Waals surface area contributed by atoms with Crippen molar-refractivity contribution in [3.63, 3.8) is 0 Å². The molecular weight excluding hydrogens is 896 g/mol. The summed E-state index contributed by atoms with van der Waals surface area (Å²) in [7, 11) is -2.09. The molecule has 4 aromatic heterocycles. The molecular formula is C50H32N4OPtSi-2. The summed E-state index contributed by atoms with van der Waals surface area (Å²) in [5, 5.41) is 11.8. The molecule has 7 heteroatoms. The van der Waals surface area contributed by atoms with Crippen molar-refractivity contribution in [1.82, 2.24) is 14.0 Å². The van der Waals surface area contributed by atoms with Gasteiger partial charge in [0.05, 0.1) is 16.7 Å². The third kappa shape index (κ3) is 4.84. The Labute approximate surface area is 344 Å². The van der Waals surface area contributed by atoms with Crippen LogP contribution in [0.1, 0.15) is 0 Å². The molecule has 5 heterocycles. The normalized spacial score (nSPS) is 13.1. The van der Waals surface area contributed by atoms with Crippen molar-refractivity contribution < 1.29 is 30.4 Å². The van der Waals surface area contributed by atoms with Crippen LogP contribution in [-0.4, -0.2) is 22.0 Å². The first-order valence-electron chi connectivity index (χ1n) is 19.0. The number of aromatic nitrogens is 4. The Morgan fingerprint density at radius 3 is 1.93 bits per heavy atom. The van der Waals surface area contributed by atoms with E-state index in [1.54, 1.807) is 0 Å². The molecule has 0 spiro atoms. The second-order valence-electron chi connectivity index (χ2n) is 15.2. The molecule has 5 nitrogen and oxygen atoms in total. The fourth-order valence-corrected chi connectivity index (χ4v) is 12.1.